The number of nitrogens with zero attached hydrogens (tertiary/aromatic N) is 1. The second-order valence-corrected chi connectivity index (χ2v) is 4.67. The van der Waals surface area contributed by atoms with E-state index in [0.717, 1.165) is 25.8 Å². The first-order valence-corrected chi connectivity index (χ1v) is 5.99. The Morgan fingerprint density at radius 2 is 2.12 bits per heavy atom. The number of rotatable bonds is 2. The molecule has 2 heterocycles. The number of hydrogen-bond donors (Lipinski definition) is 1. The first-order valence-electron chi connectivity index (χ1n) is 5.99. The fourth-order valence-corrected chi connectivity index (χ4v) is 2.48. The van der Waals surface area contributed by atoms with Gasteiger partial charge < -0.3 is 10.2 Å². The summed E-state index contributed by atoms with van der Waals surface area (Å²) in [6.07, 6.45) is 1.14. The van der Waals surface area contributed by atoms with Crippen LogP contribution >= 0.6 is 0 Å². The number of alkyl halides is 2. The summed E-state index contributed by atoms with van der Waals surface area (Å²) in [6.45, 7) is 1.59. The van der Waals surface area contributed by atoms with Gasteiger partial charge in [0.15, 0.2) is 0 Å². The Morgan fingerprint density at radius 3 is 2.69 bits per heavy atom. The van der Waals surface area contributed by atoms with E-state index in [9.17, 15) is 13.6 Å². The maximum atomic E-state index is 12.5. The molecule has 0 bridgehead atoms. The molecular weight excluding hydrogens is 214 g/mol. The highest BCUT2D eigenvalue weighted by Gasteiger charge is 2.34. The zero-order valence-electron chi connectivity index (χ0n) is 9.29. The molecule has 0 spiro atoms. The molecule has 0 aromatic heterocycles. The lowest BCUT2D eigenvalue weighted by Crippen LogP contribution is -2.47. The Balaban J connectivity index is 1.86. The molecule has 0 radical (unpaired) electrons. The monoisotopic (exact) mass is 232 g/mol. The Bertz CT molecular complexity index is 254. The van der Waals surface area contributed by atoms with Gasteiger partial charge >= 0.3 is 0 Å². The molecule has 2 atom stereocenters. The zero-order chi connectivity index (χ0) is 11.5. The van der Waals surface area contributed by atoms with E-state index in [0.29, 0.717) is 13.0 Å². The van der Waals surface area contributed by atoms with Crippen LogP contribution in [0.2, 0.25) is 0 Å². The number of carbonyl (C=O) groups excluding carboxylic acids is 1. The maximum absolute atomic E-state index is 12.5. The maximum Gasteiger partial charge on any atom is 0.243 e. The molecule has 0 aromatic rings. The highest BCUT2D eigenvalue weighted by Crippen LogP contribution is 2.24. The van der Waals surface area contributed by atoms with Crippen LogP contribution in [0.3, 0.4) is 0 Å². The molecule has 2 saturated heterocycles. The van der Waals surface area contributed by atoms with Gasteiger partial charge in [-0.1, -0.05) is 6.42 Å². The van der Waals surface area contributed by atoms with E-state index >= 15 is 0 Å². The lowest BCUT2D eigenvalue weighted by atomic mass is 10.0. The van der Waals surface area contributed by atoms with Gasteiger partial charge in [0.2, 0.25) is 12.3 Å². The molecule has 0 saturated carbocycles. The largest absolute Gasteiger partial charge is 0.341 e. The van der Waals surface area contributed by atoms with Gasteiger partial charge in [-0.15, -0.1) is 0 Å². The third kappa shape index (κ3) is 2.51. The number of nitrogens with one attached hydrogen (secondary N) is 1. The quantitative estimate of drug-likeness (QED) is 0.777. The summed E-state index contributed by atoms with van der Waals surface area (Å²) in [5.74, 6) is -0.601. The Morgan fingerprint density at radius 1 is 1.31 bits per heavy atom. The van der Waals surface area contributed by atoms with Crippen LogP contribution in [0.4, 0.5) is 8.78 Å². The SMILES string of the molecule is O=C([C@H]1CCCCN1)N1CC[C@H](C(F)F)C1. The van der Waals surface area contributed by atoms with E-state index in [1.807, 2.05) is 0 Å². The summed E-state index contributed by atoms with van der Waals surface area (Å²) in [5.41, 5.74) is 0. The molecule has 2 aliphatic heterocycles. The van der Waals surface area contributed by atoms with Crippen molar-refractivity contribution in [3.05, 3.63) is 0 Å². The molecule has 3 nitrogen and oxygen atoms in total. The van der Waals surface area contributed by atoms with Crippen LogP contribution in [0.25, 0.3) is 0 Å². The molecule has 0 aromatic carbocycles. The minimum absolute atomic E-state index is 0.0165. The predicted octanol–water partition coefficient (Wildman–Crippen LogP) is 1.24. The van der Waals surface area contributed by atoms with Crippen molar-refractivity contribution in [1.82, 2.24) is 10.2 Å². The van der Waals surface area contributed by atoms with E-state index in [4.69, 9.17) is 0 Å². The molecule has 92 valence electrons. The van der Waals surface area contributed by atoms with E-state index in [1.165, 1.54) is 0 Å². The number of halogens is 2. The third-order valence-electron chi connectivity index (χ3n) is 3.50. The van der Waals surface area contributed by atoms with Crippen LogP contribution in [0.1, 0.15) is 25.7 Å². The number of likely N-dealkylation sites (tertiary alicyclic amines) is 1. The van der Waals surface area contributed by atoms with Crippen molar-refractivity contribution in [3.63, 3.8) is 0 Å². The van der Waals surface area contributed by atoms with Crippen molar-refractivity contribution in [2.24, 2.45) is 5.92 Å². The van der Waals surface area contributed by atoms with Gasteiger partial charge in [0.1, 0.15) is 0 Å². The molecule has 5 heteroatoms. The van der Waals surface area contributed by atoms with Gasteiger partial charge in [-0.05, 0) is 25.8 Å². The van der Waals surface area contributed by atoms with Crippen LogP contribution in [-0.4, -0.2) is 42.9 Å². The Hall–Kier alpha value is -0.710. The topological polar surface area (TPSA) is 32.3 Å². The number of piperidine rings is 1. The van der Waals surface area contributed by atoms with Crippen LogP contribution in [-0.2, 0) is 4.79 Å². The van der Waals surface area contributed by atoms with Gasteiger partial charge in [-0.2, -0.15) is 0 Å². The number of hydrogen-bond acceptors (Lipinski definition) is 2. The molecule has 1 amide bonds. The van der Waals surface area contributed by atoms with Crippen molar-refractivity contribution in [1.29, 1.82) is 0 Å². The van der Waals surface area contributed by atoms with Crippen LogP contribution in [0.5, 0.6) is 0 Å². The van der Waals surface area contributed by atoms with Crippen molar-refractivity contribution < 1.29 is 13.6 Å². The molecule has 2 rings (SSSR count). The molecular formula is C11H18F2N2O. The Labute approximate surface area is 94.2 Å². The second-order valence-electron chi connectivity index (χ2n) is 4.67. The molecule has 0 unspecified atom stereocenters. The van der Waals surface area contributed by atoms with E-state index < -0.39 is 12.3 Å². The summed E-state index contributed by atoms with van der Waals surface area (Å²) < 4.78 is 24.9. The average molecular weight is 232 g/mol. The molecule has 2 fully saturated rings. The van der Waals surface area contributed by atoms with Gasteiger partial charge in [-0.3, -0.25) is 4.79 Å². The van der Waals surface area contributed by atoms with Crippen molar-refractivity contribution in [3.8, 4) is 0 Å². The van der Waals surface area contributed by atoms with E-state index in [2.05, 4.69) is 5.32 Å². The smallest absolute Gasteiger partial charge is 0.243 e. The van der Waals surface area contributed by atoms with Crippen molar-refractivity contribution in [2.75, 3.05) is 19.6 Å². The van der Waals surface area contributed by atoms with Gasteiger partial charge in [0.25, 0.3) is 0 Å². The summed E-state index contributed by atoms with van der Waals surface area (Å²) >= 11 is 0. The third-order valence-corrected chi connectivity index (χ3v) is 3.50. The molecule has 2 aliphatic rings. The highest BCUT2D eigenvalue weighted by molar-refractivity contribution is 5.82. The number of carbonyl (C=O) groups is 1. The predicted molar refractivity (Wildman–Crippen MR) is 56.3 cm³/mol. The standard InChI is InChI=1S/C11H18F2N2O/c12-10(13)8-4-6-15(7-8)11(16)9-3-1-2-5-14-9/h8-10,14H,1-7H2/t8-,9+/m0/s1. The highest BCUT2D eigenvalue weighted by atomic mass is 19.3. The van der Waals surface area contributed by atoms with Gasteiger partial charge in [-0.25, -0.2) is 8.78 Å². The van der Waals surface area contributed by atoms with Crippen LogP contribution in [0.15, 0.2) is 0 Å². The summed E-state index contributed by atoms with van der Waals surface area (Å²) in [6, 6.07) is -0.134. The van der Waals surface area contributed by atoms with E-state index in [1.54, 1.807) is 4.90 Å². The van der Waals surface area contributed by atoms with Crippen molar-refractivity contribution in [2.45, 2.75) is 38.2 Å². The van der Waals surface area contributed by atoms with E-state index in [-0.39, 0.29) is 18.5 Å². The Kier molecular flexibility index (Phi) is 3.74. The first kappa shape index (κ1) is 11.8. The van der Waals surface area contributed by atoms with Crippen molar-refractivity contribution >= 4 is 5.91 Å². The molecule has 16 heavy (non-hydrogen) atoms. The molecule has 0 aliphatic carbocycles. The normalized spacial score (nSPS) is 31.1. The summed E-state index contributed by atoms with van der Waals surface area (Å²) in [5, 5.41) is 3.16. The first-order chi connectivity index (χ1) is 7.68. The van der Waals surface area contributed by atoms with Crippen LogP contribution < -0.4 is 5.32 Å². The zero-order valence-corrected chi connectivity index (χ0v) is 9.29. The average Bonchev–Trinajstić information content (AvgIpc) is 2.78. The fourth-order valence-electron chi connectivity index (χ4n) is 2.48. The number of amides is 1. The molecule has 1 N–H and O–H groups in total. The van der Waals surface area contributed by atoms with Gasteiger partial charge in [0.05, 0.1) is 6.04 Å². The minimum atomic E-state index is -2.29. The second kappa shape index (κ2) is 5.08. The van der Waals surface area contributed by atoms with Crippen LogP contribution in [0, 0.1) is 5.92 Å². The lowest BCUT2D eigenvalue weighted by Gasteiger charge is -2.27. The summed E-state index contributed by atoms with van der Waals surface area (Å²) in [7, 11) is 0. The lowest BCUT2D eigenvalue weighted by molar-refractivity contribution is -0.133. The minimum Gasteiger partial charge on any atom is -0.341 e. The fraction of sp³-hybridized carbons (Fsp3) is 0.909. The summed E-state index contributed by atoms with van der Waals surface area (Å²) in [4.78, 5) is 13.6. The van der Waals surface area contributed by atoms with Gasteiger partial charge in [0, 0.05) is 19.0 Å².